The van der Waals surface area contributed by atoms with Crippen LogP contribution in [0.15, 0.2) is 156 Å². The normalized spacial score (nSPS) is 11.9. The van der Waals surface area contributed by atoms with Gasteiger partial charge in [-0.15, -0.1) is 0 Å². The van der Waals surface area contributed by atoms with Crippen molar-refractivity contribution in [3.05, 3.63) is 152 Å². The molecule has 3 heterocycles. The average Bonchev–Trinajstić information content (AvgIpc) is 3.64. The van der Waals surface area contributed by atoms with Crippen molar-refractivity contribution in [2.75, 3.05) is 0 Å². The topological polar surface area (TPSA) is 43.9 Å². The van der Waals surface area contributed by atoms with Gasteiger partial charge in [0.15, 0.2) is 5.82 Å². The maximum atomic E-state index is 6.64. The van der Waals surface area contributed by atoms with Crippen LogP contribution in [-0.4, -0.2) is 14.5 Å². The molecule has 0 aliphatic rings. The quantitative estimate of drug-likeness (QED) is 0.207. The summed E-state index contributed by atoms with van der Waals surface area (Å²) in [6.07, 6.45) is 0. The fourth-order valence-electron chi connectivity index (χ4n) is 6.97. The Morgan fingerprint density at radius 1 is 0.435 bits per heavy atom. The van der Waals surface area contributed by atoms with Crippen LogP contribution < -0.4 is 0 Å². The second kappa shape index (κ2) is 9.62. The Morgan fingerprint density at radius 3 is 1.89 bits per heavy atom. The van der Waals surface area contributed by atoms with Crippen LogP contribution in [0.25, 0.3) is 93.8 Å². The van der Waals surface area contributed by atoms with E-state index in [2.05, 4.69) is 132 Å². The number of aromatic nitrogens is 3. The van der Waals surface area contributed by atoms with Crippen LogP contribution >= 0.6 is 0 Å². The maximum Gasteiger partial charge on any atom is 0.162 e. The Bertz CT molecular complexity index is 2740. The minimum Gasteiger partial charge on any atom is -0.455 e. The smallest absolute Gasteiger partial charge is 0.162 e. The molecule has 0 amide bonds. The molecule has 0 unspecified atom stereocenters. The fourth-order valence-corrected chi connectivity index (χ4v) is 6.97. The SMILES string of the molecule is c1ccc(-c2cc(-n3c4cc5ccccc5cc4c4cc5oc6c7ccccc7ccc6c5cc43)nc(-c3ccccc3)n2)cc1. The van der Waals surface area contributed by atoms with Gasteiger partial charge in [0, 0.05) is 44.1 Å². The molecule has 0 N–H and O–H groups in total. The number of hydrogen-bond donors (Lipinski definition) is 0. The van der Waals surface area contributed by atoms with Gasteiger partial charge in [-0.3, -0.25) is 4.57 Å². The van der Waals surface area contributed by atoms with Crippen LogP contribution in [0.4, 0.5) is 0 Å². The van der Waals surface area contributed by atoms with Gasteiger partial charge >= 0.3 is 0 Å². The van der Waals surface area contributed by atoms with E-state index < -0.39 is 0 Å². The first-order valence-electron chi connectivity index (χ1n) is 15.5. The third-order valence-electron chi connectivity index (χ3n) is 9.16. The van der Waals surface area contributed by atoms with Gasteiger partial charge in [0.1, 0.15) is 17.0 Å². The van der Waals surface area contributed by atoms with Gasteiger partial charge in [0.2, 0.25) is 0 Å². The van der Waals surface area contributed by atoms with E-state index in [1.54, 1.807) is 0 Å². The summed E-state index contributed by atoms with van der Waals surface area (Å²) in [6, 6.07) is 53.1. The van der Waals surface area contributed by atoms with Crippen molar-refractivity contribution in [1.29, 1.82) is 0 Å². The maximum absolute atomic E-state index is 6.64. The molecule has 0 bridgehead atoms. The highest BCUT2D eigenvalue weighted by atomic mass is 16.3. The molecular formula is C42H25N3O. The largest absolute Gasteiger partial charge is 0.455 e. The molecule has 7 aromatic carbocycles. The van der Waals surface area contributed by atoms with E-state index in [9.17, 15) is 0 Å². The number of furan rings is 1. The van der Waals surface area contributed by atoms with Crippen molar-refractivity contribution in [2.24, 2.45) is 0 Å². The van der Waals surface area contributed by atoms with Crippen molar-refractivity contribution < 1.29 is 4.42 Å². The third kappa shape index (κ3) is 3.74. The van der Waals surface area contributed by atoms with Crippen molar-refractivity contribution in [3.63, 3.8) is 0 Å². The molecule has 0 spiro atoms. The molecule has 10 aromatic rings. The highest BCUT2D eigenvalue weighted by Crippen LogP contribution is 2.41. The number of benzene rings is 7. The molecule has 4 heteroatoms. The molecule has 0 saturated heterocycles. The van der Waals surface area contributed by atoms with E-state index in [4.69, 9.17) is 14.4 Å². The van der Waals surface area contributed by atoms with Crippen molar-refractivity contribution in [3.8, 4) is 28.5 Å². The first-order chi connectivity index (χ1) is 22.8. The Kier molecular flexibility index (Phi) is 5.25. The van der Waals surface area contributed by atoms with E-state index in [1.165, 1.54) is 16.2 Å². The molecule has 0 atom stereocenters. The number of nitrogens with zero attached hydrogens (tertiary/aromatic N) is 3. The van der Waals surface area contributed by atoms with Gasteiger partial charge < -0.3 is 4.42 Å². The molecule has 0 aliphatic carbocycles. The lowest BCUT2D eigenvalue weighted by molar-refractivity contribution is 0.673. The monoisotopic (exact) mass is 587 g/mol. The van der Waals surface area contributed by atoms with E-state index in [-0.39, 0.29) is 0 Å². The van der Waals surface area contributed by atoms with Gasteiger partial charge in [0.05, 0.1) is 16.7 Å². The molecule has 0 fully saturated rings. The summed E-state index contributed by atoms with van der Waals surface area (Å²) >= 11 is 0. The summed E-state index contributed by atoms with van der Waals surface area (Å²) in [7, 11) is 0. The first kappa shape index (κ1) is 25.1. The average molecular weight is 588 g/mol. The highest BCUT2D eigenvalue weighted by Gasteiger charge is 2.20. The first-order valence-corrected chi connectivity index (χ1v) is 15.5. The van der Waals surface area contributed by atoms with Crippen LogP contribution in [0, 0.1) is 0 Å². The fraction of sp³-hybridized carbons (Fsp3) is 0. The lowest BCUT2D eigenvalue weighted by Crippen LogP contribution is -2.02. The van der Waals surface area contributed by atoms with E-state index in [1.807, 2.05) is 24.3 Å². The van der Waals surface area contributed by atoms with Gasteiger partial charge in [-0.2, -0.15) is 0 Å². The lowest BCUT2D eigenvalue weighted by Gasteiger charge is -2.12. The molecule has 10 rings (SSSR count). The minimum atomic E-state index is 0.689. The second-order valence-corrected chi connectivity index (χ2v) is 11.8. The zero-order chi connectivity index (χ0) is 30.2. The number of rotatable bonds is 3. The van der Waals surface area contributed by atoms with E-state index in [0.29, 0.717) is 5.82 Å². The molecular weight excluding hydrogens is 562 g/mol. The number of fused-ring (bicyclic) bond motifs is 9. The molecule has 0 radical (unpaired) electrons. The zero-order valence-electron chi connectivity index (χ0n) is 24.7. The zero-order valence-corrected chi connectivity index (χ0v) is 24.7. The molecule has 0 saturated carbocycles. The molecule has 0 aliphatic heterocycles. The Balaban J connectivity index is 1.35. The van der Waals surface area contributed by atoms with Crippen LogP contribution in [-0.2, 0) is 0 Å². The Morgan fingerprint density at radius 2 is 1.09 bits per heavy atom. The van der Waals surface area contributed by atoms with Crippen molar-refractivity contribution in [1.82, 2.24) is 14.5 Å². The Labute approximate surface area is 263 Å². The van der Waals surface area contributed by atoms with Gasteiger partial charge in [-0.1, -0.05) is 115 Å². The van der Waals surface area contributed by atoms with E-state index in [0.717, 1.165) is 71.8 Å². The summed E-state index contributed by atoms with van der Waals surface area (Å²) < 4.78 is 8.95. The predicted octanol–water partition coefficient (Wildman–Crippen LogP) is 11.1. The summed E-state index contributed by atoms with van der Waals surface area (Å²) in [5, 5.41) is 9.14. The van der Waals surface area contributed by atoms with Crippen LogP contribution in [0.2, 0.25) is 0 Å². The van der Waals surface area contributed by atoms with Crippen molar-refractivity contribution in [2.45, 2.75) is 0 Å². The van der Waals surface area contributed by atoms with E-state index >= 15 is 0 Å². The Hall–Kier alpha value is -6.26. The predicted molar refractivity (Wildman–Crippen MR) is 190 cm³/mol. The standard InChI is InChI=1S/C42H25N3O/c1-3-12-27(13-4-1)36-25-40(44-42(43-36)28-14-5-2-6-15-28)45-37-22-30-17-8-7-16-29(30)21-33(37)34-24-39-35(23-38(34)45)32-20-19-26-11-9-10-18-31(26)41(32)46-39/h1-25H. The molecule has 3 aromatic heterocycles. The van der Waals surface area contributed by atoms with Gasteiger partial charge in [0.25, 0.3) is 0 Å². The molecule has 214 valence electrons. The van der Waals surface area contributed by atoms with Crippen LogP contribution in [0.3, 0.4) is 0 Å². The highest BCUT2D eigenvalue weighted by molar-refractivity contribution is 6.21. The van der Waals surface area contributed by atoms with Crippen molar-refractivity contribution >= 4 is 65.3 Å². The van der Waals surface area contributed by atoms with Crippen LogP contribution in [0.5, 0.6) is 0 Å². The second-order valence-electron chi connectivity index (χ2n) is 11.8. The van der Waals surface area contributed by atoms with Crippen LogP contribution in [0.1, 0.15) is 0 Å². The van der Waals surface area contributed by atoms with Gasteiger partial charge in [-0.05, 0) is 46.5 Å². The number of hydrogen-bond acceptors (Lipinski definition) is 3. The minimum absolute atomic E-state index is 0.689. The lowest BCUT2D eigenvalue weighted by atomic mass is 10.0. The molecule has 46 heavy (non-hydrogen) atoms. The summed E-state index contributed by atoms with van der Waals surface area (Å²) in [4.78, 5) is 10.3. The summed E-state index contributed by atoms with van der Waals surface area (Å²) in [5.41, 5.74) is 6.86. The molecule has 4 nitrogen and oxygen atoms in total. The summed E-state index contributed by atoms with van der Waals surface area (Å²) in [5.74, 6) is 1.51. The third-order valence-corrected chi connectivity index (χ3v) is 9.16. The summed E-state index contributed by atoms with van der Waals surface area (Å²) in [6.45, 7) is 0. The van der Waals surface area contributed by atoms with Gasteiger partial charge in [-0.25, -0.2) is 9.97 Å².